The summed E-state index contributed by atoms with van der Waals surface area (Å²) in [6.45, 7) is 1.66. The number of rotatable bonds is 4. The quantitative estimate of drug-likeness (QED) is 0.922. The van der Waals surface area contributed by atoms with Crippen molar-refractivity contribution in [2.45, 2.75) is 18.9 Å². The first-order valence-corrected chi connectivity index (χ1v) is 7.72. The van der Waals surface area contributed by atoms with E-state index >= 15 is 0 Å². The van der Waals surface area contributed by atoms with Crippen LogP contribution < -0.4 is 15.1 Å². The minimum atomic E-state index is -0.168. The van der Waals surface area contributed by atoms with Crippen LogP contribution in [-0.4, -0.2) is 49.1 Å². The number of carbonyl (C=O) groups is 1. The molecule has 1 amide bonds. The molecular weight excluding hydrogens is 294 g/mol. The zero-order valence-corrected chi connectivity index (χ0v) is 13.4. The van der Waals surface area contributed by atoms with Gasteiger partial charge in [-0.3, -0.25) is 4.79 Å². The van der Waals surface area contributed by atoms with Crippen molar-refractivity contribution in [2.75, 3.05) is 37.0 Å². The summed E-state index contributed by atoms with van der Waals surface area (Å²) < 4.78 is 5.14. The molecule has 7 nitrogen and oxygen atoms in total. The molecule has 1 saturated heterocycles. The maximum atomic E-state index is 12.1. The predicted octanol–water partition coefficient (Wildman–Crippen LogP) is 1.53. The van der Waals surface area contributed by atoms with Crippen LogP contribution in [0.5, 0.6) is 0 Å². The number of hydrogen-bond donors (Lipinski definition) is 1. The molecule has 0 aromatic carbocycles. The van der Waals surface area contributed by atoms with Gasteiger partial charge in [-0.1, -0.05) is 0 Å². The van der Waals surface area contributed by atoms with Crippen molar-refractivity contribution in [1.82, 2.24) is 15.3 Å². The third-order valence-electron chi connectivity index (χ3n) is 3.92. The van der Waals surface area contributed by atoms with Crippen molar-refractivity contribution in [1.29, 1.82) is 0 Å². The molecule has 1 fully saturated rings. The Balaban J connectivity index is 1.66. The molecule has 0 aliphatic carbocycles. The average molecular weight is 315 g/mol. The Hall–Kier alpha value is -2.57. The molecule has 0 spiro atoms. The number of carbonyl (C=O) groups excluding carboxylic acids is 1. The van der Waals surface area contributed by atoms with E-state index in [2.05, 4.69) is 20.2 Å². The topological polar surface area (TPSA) is 74.5 Å². The fourth-order valence-electron chi connectivity index (χ4n) is 2.72. The number of piperidine rings is 1. The van der Waals surface area contributed by atoms with Crippen LogP contribution in [0.3, 0.4) is 0 Å². The second-order valence-electron chi connectivity index (χ2n) is 5.86. The first kappa shape index (κ1) is 15.3. The summed E-state index contributed by atoms with van der Waals surface area (Å²) in [6.07, 6.45) is 5.04. The van der Waals surface area contributed by atoms with Gasteiger partial charge in [0.15, 0.2) is 5.76 Å². The van der Waals surface area contributed by atoms with Gasteiger partial charge in [-0.25, -0.2) is 9.97 Å². The van der Waals surface area contributed by atoms with E-state index in [4.69, 9.17) is 4.42 Å². The van der Waals surface area contributed by atoms with Crippen LogP contribution in [0.15, 0.2) is 35.2 Å². The van der Waals surface area contributed by atoms with Crippen molar-refractivity contribution in [3.63, 3.8) is 0 Å². The minimum Gasteiger partial charge on any atom is -0.459 e. The summed E-state index contributed by atoms with van der Waals surface area (Å²) in [7, 11) is 3.91. The Morgan fingerprint density at radius 1 is 1.43 bits per heavy atom. The Morgan fingerprint density at radius 3 is 3.04 bits per heavy atom. The van der Waals surface area contributed by atoms with Gasteiger partial charge in [0.2, 0.25) is 0 Å². The molecule has 122 valence electrons. The Bertz CT molecular complexity index is 656. The van der Waals surface area contributed by atoms with E-state index in [9.17, 15) is 4.79 Å². The average Bonchev–Trinajstić information content (AvgIpc) is 3.10. The summed E-state index contributed by atoms with van der Waals surface area (Å²) in [6, 6.07) is 5.44. The molecule has 7 heteroatoms. The molecule has 0 saturated carbocycles. The first-order chi connectivity index (χ1) is 11.1. The van der Waals surface area contributed by atoms with Gasteiger partial charge in [-0.15, -0.1) is 0 Å². The van der Waals surface area contributed by atoms with Gasteiger partial charge in [0.25, 0.3) is 5.91 Å². The van der Waals surface area contributed by atoms with Crippen LogP contribution in [-0.2, 0) is 0 Å². The molecular formula is C16H21N5O2. The summed E-state index contributed by atoms with van der Waals surface area (Å²) >= 11 is 0. The number of aromatic nitrogens is 2. The second-order valence-corrected chi connectivity index (χ2v) is 5.86. The normalized spacial score (nSPS) is 17.8. The lowest BCUT2D eigenvalue weighted by Crippen LogP contribution is -2.48. The van der Waals surface area contributed by atoms with E-state index in [-0.39, 0.29) is 11.9 Å². The smallest absolute Gasteiger partial charge is 0.287 e. The summed E-state index contributed by atoms with van der Waals surface area (Å²) in [5.74, 6) is 1.94. The van der Waals surface area contributed by atoms with E-state index in [1.165, 1.54) is 6.26 Å². The molecule has 1 unspecified atom stereocenters. The van der Waals surface area contributed by atoms with Crippen molar-refractivity contribution in [3.8, 4) is 0 Å². The predicted molar refractivity (Wildman–Crippen MR) is 87.8 cm³/mol. The molecule has 1 aliphatic heterocycles. The van der Waals surface area contributed by atoms with Gasteiger partial charge in [-0.05, 0) is 25.0 Å². The van der Waals surface area contributed by atoms with Crippen LogP contribution >= 0.6 is 0 Å². The maximum absolute atomic E-state index is 12.1. The monoisotopic (exact) mass is 315 g/mol. The lowest BCUT2D eigenvalue weighted by Gasteiger charge is -2.34. The van der Waals surface area contributed by atoms with Crippen LogP contribution in [0, 0.1) is 0 Å². The van der Waals surface area contributed by atoms with E-state index in [1.54, 1.807) is 18.5 Å². The molecule has 1 aliphatic rings. The number of furan rings is 1. The zero-order chi connectivity index (χ0) is 16.2. The molecule has 2 aromatic rings. The first-order valence-electron chi connectivity index (χ1n) is 7.72. The second kappa shape index (κ2) is 6.68. The third-order valence-corrected chi connectivity index (χ3v) is 3.92. The molecule has 3 rings (SSSR count). The third kappa shape index (κ3) is 3.61. The van der Waals surface area contributed by atoms with Crippen LogP contribution in [0.4, 0.5) is 11.6 Å². The lowest BCUT2D eigenvalue weighted by molar-refractivity contribution is 0.0905. The fraction of sp³-hybridized carbons (Fsp3) is 0.438. The maximum Gasteiger partial charge on any atom is 0.287 e. The number of anilines is 2. The minimum absolute atomic E-state index is 0.0825. The Labute approximate surface area is 135 Å². The van der Waals surface area contributed by atoms with Crippen LogP contribution in [0.25, 0.3) is 0 Å². The van der Waals surface area contributed by atoms with E-state index in [0.717, 1.165) is 37.6 Å². The van der Waals surface area contributed by atoms with Gasteiger partial charge >= 0.3 is 0 Å². The molecule has 2 aromatic heterocycles. The van der Waals surface area contributed by atoms with Crippen molar-refractivity contribution < 1.29 is 9.21 Å². The van der Waals surface area contributed by atoms with Gasteiger partial charge in [0, 0.05) is 39.3 Å². The van der Waals surface area contributed by atoms with Crippen molar-refractivity contribution >= 4 is 17.5 Å². The number of amides is 1. The molecule has 1 N–H and O–H groups in total. The summed E-state index contributed by atoms with van der Waals surface area (Å²) in [5, 5.41) is 3.03. The zero-order valence-electron chi connectivity index (χ0n) is 13.4. The van der Waals surface area contributed by atoms with Crippen molar-refractivity contribution in [2.24, 2.45) is 0 Å². The SMILES string of the molecule is CN(C)c1cc(N2CCCC(NC(=O)c3ccco3)C2)ncn1. The standard InChI is InChI=1S/C16H21N5O2/c1-20(2)14-9-15(18-11-17-14)21-7-3-5-12(10-21)19-16(22)13-6-4-8-23-13/h4,6,8-9,11-12H,3,5,7,10H2,1-2H3,(H,19,22). The van der Waals surface area contributed by atoms with E-state index in [0.29, 0.717) is 5.76 Å². The molecule has 0 radical (unpaired) electrons. The Morgan fingerprint density at radius 2 is 2.30 bits per heavy atom. The van der Waals surface area contributed by atoms with Gasteiger partial charge in [-0.2, -0.15) is 0 Å². The van der Waals surface area contributed by atoms with Crippen molar-refractivity contribution in [3.05, 3.63) is 36.5 Å². The lowest BCUT2D eigenvalue weighted by atomic mass is 10.1. The summed E-state index contributed by atoms with van der Waals surface area (Å²) in [4.78, 5) is 24.8. The highest BCUT2D eigenvalue weighted by molar-refractivity contribution is 5.91. The molecule has 3 heterocycles. The van der Waals surface area contributed by atoms with Gasteiger partial charge < -0.3 is 19.5 Å². The fourth-order valence-corrected chi connectivity index (χ4v) is 2.72. The van der Waals surface area contributed by atoms with Crippen LogP contribution in [0.2, 0.25) is 0 Å². The largest absolute Gasteiger partial charge is 0.459 e. The van der Waals surface area contributed by atoms with E-state index < -0.39 is 0 Å². The number of nitrogens with one attached hydrogen (secondary N) is 1. The summed E-state index contributed by atoms with van der Waals surface area (Å²) in [5.41, 5.74) is 0. The number of hydrogen-bond acceptors (Lipinski definition) is 6. The molecule has 0 bridgehead atoms. The Kier molecular flexibility index (Phi) is 4.45. The number of nitrogens with zero attached hydrogens (tertiary/aromatic N) is 4. The highest BCUT2D eigenvalue weighted by Gasteiger charge is 2.23. The highest BCUT2D eigenvalue weighted by Crippen LogP contribution is 2.20. The van der Waals surface area contributed by atoms with E-state index in [1.807, 2.05) is 25.1 Å². The highest BCUT2D eigenvalue weighted by atomic mass is 16.3. The van der Waals surface area contributed by atoms with Crippen LogP contribution in [0.1, 0.15) is 23.4 Å². The van der Waals surface area contributed by atoms with Gasteiger partial charge in [0.1, 0.15) is 18.0 Å². The molecule has 1 atom stereocenters. The molecule has 23 heavy (non-hydrogen) atoms. The van der Waals surface area contributed by atoms with Gasteiger partial charge in [0.05, 0.1) is 6.26 Å².